The van der Waals surface area contributed by atoms with Crippen LogP contribution in [0.3, 0.4) is 0 Å². The van der Waals surface area contributed by atoms with Crippen LogP contribution in [0.1, 0.15) is 49.9 Å². The van der Waals surface area contributed by atoms with E-state index in [0.29, 0.717) is 28.4 Å². The van der Waals surface area contributed by atoms with Crippen molar-refractivity contribution < 1.29 is 19.1 Å². The average molecular weight is 493 g/mol. The van der Waals surface area contributed by atoms with Crippen LogP contribution < -0.4 is 21.7 Å². The minimum Gasteiger partial charge on any atom is -0.465 e. The van der Waals surface area contributed by atoms with E-state index in [1.54, 1.807) is 41.8 Å². The number of amides is 2. The number of imidazole rings is 1. The molecule has 4 rings (SSSR count). The molecule has 0 aliphatic heterocycles. The molecule has 10 nitrogen and oxygen atoms in total. The van der Waals surface area contributed by atoms with Crippen molar-refractivity contribution in [3.63, 3.8) is 0 Å². The summed E-state index contributed by atoms with van der Waals surface area (Å²) in [5.41, 5.74) is 9.09. The number of fused-ring (bicyclic) bond motifs is 1. The first-order valence-corrected chi connectivity index (χ1v) is 12.2. The van der Waals surface area contributed by atoms with Gasteiger partial charge < -0.3 is 26.4 Å². The third-order valence-corrected chi connectivity index (χ3v) is 6.18. The molecule has 1 fully saturated rings. The third-order valence-electron chi connectivity index (χ3n) is 6.18. The predicted molar refractivity (Wildman–Crippen MR) is 138 cm³/mol. The highest BCUT2D eigenvalue weighted by Crippen LogP contribution is 2.30. The number of ether oxygens (including phenoxy) is 1. The molecule has 0 unspecified atom stereocenters. The molecular weight excluding hydrogens is 460 g/mol. The number of nitrogens with two attached hydrogens (primary N) is 1. The van der Waals surface area contributed by atoms with Crippen molar-refractivity contribution in [3.05, 3.63) is 48.2 Å². The summed E-state index contributed by atoms with van der Waals surface area (Å²) in [7, 11) is 0. The fourth-order valence-electron chi connectivity index (χ4n) is 4.37. The number of carbonyl (C=O) groups excluding carboxylic acids is 3. The molecule has 0 bridgehead atoms. The van der Waals surface area contributed by atoms with Gasteiger partial charge >= 0.3 is 5.97 Å². The van der Waals surface area contributed by atoms with Gasteiger partial charge in [-0.2, -0.15) is 0 Å². The molecule has 0 spiro atoms. The molecule has 2 amide bonds. The Morgan fingerprint density at radius 3 is 2.50 bits per heavy atom. The molecule has 1 aliphatic carbocycles. The Morgan fingerprint density at radius 1 is 1.11 bits per heavy atom. The van der Waals surface area contributed by atoms with E-state index in [9.17, 15) is 14.4 Å². The van der Waals surface area contributed by atoms with Gasteiger partial charge in [0.15, 0.2) is 0 Å². The number of hydrogen-bond acceptors (Lipinski definition) is 7. The average Bonchev–Trinajstić information content (AvgIpc) is 3.22. The van der Waals surface area contributed by atoms with E-state index in [1.165, 1.54) is 6.92 Å². The lowest BCUT2D eigenvalue weighted by molar-refractivity contribution is -0.140. The zero-order valence-electron chi connectivity index (χ0n) is 20.5. The molecule has 1 saturated carbocycles. The molecule has 2 aromatic heterocycles. The summed E-state index contributed by atoms with van der Waals surface area (Å²) in [5, 5.41) is 8.98. The highest BCUT2D eigenvalue weighted by molar-refractivity contribution is 5.96. The Hall–Kier alpha value is -3.92. The molecule has 0 radical (unpaired) electrons. The van der Waals surface area contributed by atoms with Crippen molar-refractivity contribution in [2.24, 2.45) is 5.73 Å². The summed E-state index contributed by atoms with van der Waals surface area (Å²) in [5.74, 6) is -0.0986. The van der Waals surface area contributed by atoms with Crippen LogP contribution >= 0.6 is 0 Å². The molecule has 1 aliphatic rings. The second-order valence-corrected chi connectivity index (χ2v) is 8.95. The van der Waals surface area contributed by atoms with Gasteiger partial charge in [-0.25, -0.2) is 4.98 Å². The zero-order valence-corrected chi connectivity index (χ0v) is 20.5. The largest absolute Gasteiger partial charge is 0.465 e. The monoisotopic (exact) mass is 492 g/mol. The minimum absolute atomic E-state index is 0.0370. The lowest BCUT2D eigenvalue weighted by atomic mass is 9.91. The van der Waals surface area contributed by atoms with Crippen molar-refractivity contribution in [3.8, 4) is 11.3 Å². The smallest absolute Gasteiger partial charge is 0.325 e. The number of hydrogen-bond donors (Lipinski definition) is 4. The van der Waals surface area contributed by atoms with E-state index in [2.05, 4.69) is 16.0 Å². The van der Waals surface area contributed by atoms with Crippen LogP contribution in [0.2, 0.25) is 0 Å². The van der Waals surface area contributed by atoms with Gasteiger partial charge in [0.25, 0.3) is 5.91 Å². The summed E-state index contributed by atoms with van der Waals surface area (Å²) in [6.45, 7) is 3.45. The lowest BCUT2D eigenvalue weighted by Crippen LogP contribution is -2.40. The van der Waals surface area contributed by atoms with E-state index >= 15 is 0 Å². The number of pyridine rings is 1. The molecule has 0 atom stereocenters. The number of nitrogens with zero attached hydrogens (tertiary/aromatic N) is 2. The van der Waals surface area contributed by atoms with Crippen molar-refractivity contribution in [1.82, 2.24) is 14.7 Å². The number of benzene rings is 1. The Labute approximate surface area is 209 Å². The maximum Gasteiger partial charge on any atom is 0.325 e. The number of anilines is 2. The second-order valence-electron chi connectivity index (χ2n) is 8.95. The number of carbonyl (C=O) groups is 3. The van der Waals surface area contributed by atoms with E-state index in [0.717, 1.165) is 31.2 Å². The van der Waals surface area contributed by atoms with Gasteiger partial charge in [-0.1, -0.05) is 12.1 Å². The molecule has 2 heterocycles. The van der Waals surface area contributed by atoms with Crippen molar-refractivity contribution in [2.75, 3.05) is 23.8 Å². The van der Waals surface area contributed by atoms with Crippen LogP contribution in [0.25, 0.3) is 16.9 Å². The molecule has 3 aromatic rings. The van der Waals surface area contributed by atoms with Gasteiger partial charge in [0.1, 0.15) is 23.7 Å². The van der Waals surface area contributed by atoms with Gasteiger partial charge in [0, 0.05) is 42.0 Å². The minimum atomic E-state index is -0.386. The number of rotatable bonds is 8. The van der Waals surface area contributed by atoms with E-state index < -0.39 is 0 Å². The van der Waals surface area contributed by atoms with E-state index in [1.807, 2.05) is 12.1 Å². The molecule has 1 aromatic carbocycles. The summed E-state index contributed by atoms with van der Waals surface area (Å²) in [6, 6.07) is 11.0. The van der Waals surface area contributed by atoms with E-state index in [4.69, 9.17) is 15.5 Å². The Bertz CT molecular complexity index is 1250. The van der Waals surface area contributed by atoms with Crippen molar-refractivity contribution in [1.29, 1.82) is 0 Å². The topological polar surface area (TPSA) is 140 Å². The van der Waals surface area contributed by atoms with Gasteiger partial charge in [0.2, 0.25) is 5.91 Å². The summed E-state index contributed by atoms with van der Waals surface area (Å²) in [4.78, 5) is 41.0. The Balaban J connectivity index is 1.63. The van der Waals surface area contributed by atoms with Crippen LogP contribution in [0.4, 0.5) is 11.5 Å². The summed E-state index contributed by atoms with van der Waals surface area (Å²) >= 11 is 0. The first-order valence-electron chi connectivity index (χ1n) is 12.2. The summed E-state index contributed by atoms with van der Waals surface area (Å²) in [6.07, 6.45) is 5.32. The van der Waals surface area contributed by atoms with Crippen LogP contribution in [0.15, 0.2) is 42.6 Å². The highest BCUT2D eigenvalue weighted by atomic mass is 16.5. The number of aromatic nitrogens is 2. The zero-order chi connectivity index (χ0) is 25.7. The van der Waals surface area contributed by atoms with Gasteiger partial charge in [-0.15, -0.1) is 0 Å². The molecular formula is C26H32N6O4. The molecule has 190 valence electrons. The van der Waals surface area contributed by atoms with Crippen molar-refractivity contribution in [2.45, 2.75) is 51.6 Å². The van der Waals surface area contributed by atoms with Crippen LogP contribution in [-0.4, -0.2) is 52.4 Å². The molecule has 5 N–H and O–H groups in total. The Morgan fingerprint density at radius 2 is 1.83 bits per heavy atom. The molecule has 0 saturated heterocycles. The number of esters is 1. The van der Waals surface area contributed by atoms with Crippen LogP contribution in [0.5, 0.6) is 0 Å². The number of nitrogens with one attached hydrogen (secondary N) is 3. The maximum absolute atomic E-state index is 12.9. The lowest BCUT2D eigenvalue weighted by Gasteiger charge is -2.26. The fraction of sp³-hybridized carbons (Fsp3) is 0.385. The van der Waals surface area contributed by atoms with E-state index in [-0.39, 0.29) is 43.0 Å². The predicted octanol–water partition coefficient (Wildman–Crippen LogP) is 2.93. The highest BCUT2D eigenvalue weighted by Gasteiger charge is 2.22. The second kappa shape index (κ2) is 11.2. The summed E-state index contributed by atoms with van der Waals surface area (Å²) < 4.78 is 6.85. The van der Waals surface area contributed by atoms with Gasteiger partial charge in [-0.3, -0.25) is 18.8 Å². The fourth-order valence-corrected chi connectivity index (χ4v) is 4.37. The normalized spacial score (nSPS) is 17.4. The molecule has 36 heavy (non-hydrogen) atoms. The Kier molecular flexibility index (Phi) is 7.84. The first kappa shape index (κ1) is 25.2. The quantitative estimate of drug-likeness (QED) is 0.355. The first-order chi connectivity index (χ1) is 17.3. The van der Waals surface area contributed by atoms with Crippen LogP contribution in [-0.2, 0) is 14.3 Å². The van der Waals surface area contributed by atoms with Crippen LogP contribution in [0, 0.1) is 0 Å². The standard InChI is InChI=1S/C26H32N6O4/c1-3-36-23(34)15-28-25-24(17-4-8-20(9-5-17)29-16(2)33)31-22-14-18(12-13-32(22)25)26(35)30-21-10-6-19(27)7-11-21/h4-5,8-9,12-14,19,21,28H,3,6-7,10-11,15,27H2,1-2H3,(H,29,33)(H,30,35). The van der Waals surface area contributed by atoms with Gasteiger partial charge in [0.05, 0.1) is 6.61 Å². The molecule has 10 heteroatoms. The SMILES string of the molecule is CCOC(=O)CNc1c(-c2ccc(NC(C)=O)cc2)nc2cc(C(=O)NC3CCC(N)CC3)ccn12. The van der Waals surface area contributed by atoms with Crippen molar-refractivity contribution >= 4 is 34.9 Å². The maximum atomic E-state index is 12.9. The third kappa shape index (κ3) is 6.01. The van der Waals surface area contributed by atoms with Gasteiger partial charge in [-0.05, 0) is 56.9 Å².